The summed E-state index contributed by atoms with van der Waals surface area (Å²) in [7, 11) is 0. The standard InChI is InChI=1S/C23H27FN2O2/c1-16-2-4-17(5-3-16)14-26-13-11-22(23(26)28)25-12-10-20(21(24)15-25)18-6-8-19(27)9-7-18/h2-9,20-22,27H,10-15H2,1H3/t20-,21-,22-/m1/s1. The number of hydrogen-bond acceptors (Lipinski definition) is 3. The van der Waals surface area contributed by atoms with Crippen molar-refractivity contribution in [3.8, 4) is 5.75 Å². The Bertz CT molecular complexity index is 822. The van der Waals surface area contributed by atoms with Crippen LogP contribution in [0.4, 0.5) is 4.39 Å². The van der Waals surface area contributed by atoms with Gasteiger partial charge in [0, 0.05) is 25.6 Å². The molecule has 2 fully saturated rings. The number of rotatable bonds is 4. The molecular formula is C23H27FN2O2. The maximum Gasteiger partial charge on any atom is 0.240 e. The molecule has 0 saturated carbocycles. The molecule has 2 aliphatic rings. The van der Waals surface area contributed by atoms with Gasteiger partial charge >= 0.3 is 0 Å². The van der Waals surface area contributed by atoms with Crippen molar-refractivity contribution in [2.24, 2.45) is 0 Å². The molecule has 0 spiro atoms. The molecule has 1 amide bonds. The first kappa shape index (κ1) is 18.9. The van der Waals surface area contributed by atoms with Crippen molar-refractivity contribution in [3.63, 3.8) is 0 Å². The van der Waals surface area contributed by atoms with E-state index in [4.69, 9.17) is 0 Å². The molecule has 4 nitrogen and oxygen atoms in total. The minimum Gasteiger partial charge on any atom is -0.508 e. The van der Waals surface area contributed by atoms with Crippen LogP contribution in [-0.2, 0) is 11.3 Å². The molecule has 4 rings (SSSR count). The molecular weight excluding hydrogens is 355 g/mol. The molecule has 2 aromatic carbocycles. The van der Waals surface area contributed by atoms with Crippen molar-refractivity contribution in [1.82, 2.24) is 9.80 Å². The minimum absolute atomic E-state index is 0.121. The van der Waals surface area contributed by atoms with Gasteiger partial charge in [-0.25, -0.2) is 4.39 Å². The van der Waals surface area contributed by atoms with Gasteiger partial charge in [0.25, 0.3) is 0 Å². The summed E-state index contributed by atoms with van der Waals surface area (Å²) in [6.45, 7) is 4.42. The monoisotopic (exact) mass is 382 g/mol. The number of halogens is 1. The smallest absolute Gasteiger partial charge is 0.240 e. The predicted molar refractivity (Wildman–Crippen MR) is 107 cm³/mol. The zero-order valence-corrected chi connectivity index (χ0v) is 16.2. The van der Waals surface area contributed by atoms with Crippen LogP contribution in [0.1, 0.15) is 35.4 Å². The predicted octanol–water partition coefficient (Wildman–Crippen LogP) is 3.63. The zero-order chi connectivity index (χ0) is 19.7. The number of phenolic OH excluding ortho intramolecular Hbond substituents is 1. The number of carbonyl (C=O) groups excluding carboxylic acids is 1. The quantitative estimate of drug-likeness (QED) is 0.878. The summed E-state index contributed by atoms with van der Waals surface area (Å²) >= 11 is 0. The van der Waals surface area contributed by atoms with Gasteiger partial charge in [0.15, 0.2) is 0 Å². The van der Waals surface area contributed by atoms with Gasteiger partial charge in [-0.2, -0.15) is 0 Å². The third-order valence-electron chi connectivity index (χ3n) is 6.10. The third-order valence-corrected chi connectivity index (χ3v) is 6.10. The van der Waals surface area contributed by atoms with E-state index in [1.807, 2.05) is 9.80 Å². The van der Waals surface area contributed by atoms with Crippen LogP contribution < -0.4 is 0 Å². The lowest BCUT2D eigenvalue weighted by Crippen LogP contribution is -2.49. The molecule has 0 aromatic heterocycles. The Balaban J connectivity index is 1.37. The summed E-state index contributed by atoms with van der Waals surface area (Å²) in [5, 5.41) is 9.44. The third kappa shape index (κ3) is 3.90. The number of amides is 1. The lowest BCUT2D eigenvalue weighted by molar-refractivity contribution is -0.133. The number of nitrogens with zero attached hydrogens (tertiary/aromatic N) is 2. The second kappa shape index (κ2) is 7.92. The Hall–Kier alpha value is -2.40. The van der Waals surface area contributed by atoms with Crippen LogP contribution in [0.2, 0.25) is 0 Å². The number of aromatic hydroxyl groups is 1. The van der Waals surface area contributed by atoms with Gasteiger partial charge in [0.05, 0.1) is 6.04 Å². The fourth-order valence-electron chi connectivity index (χ4n) is 4.44. The van der Waals surface area contributed by atoms with E-state index in [1.165, 1.54) is 5.56 Å². The molecule has 148 valence electrons. The summed E-state index contributed by atoms with van der Waals surface area (Å²) < 4.78 is 14.9. The molecule has 0 radical (unpaired) electrons. The fraction of sp³-hybridized carbons (Fsp3) is 0.435. The highest BCUT2D eigenvalue weighted by Crippen LogP contribution is 2.33. The van der Waals surface area contributed by atoms with Crippen molar-refractivity contribution in [2.75, 3.05) is 19.6 Å². The first-order valence-corrected chi connectivity index (χ1v) is 10.0. The van der Waals surface area contributed by atoms with Gasteiger partial charge < -0.3 is 10.0 Å². The summed E-state index contributed by atoms with van der Waals surface area (Å²) in [5.74, 6) is 0.148. The Morgan fingerprint density at radius 1 is 1.04 bits per heavy atom. The number of alkyl halides is 1. The summed E-state index contributed by atoms with van der Waals surface area (Å²) in [5.41, 5.74) is 3.26. The molecule has 2 saturated heterocycles. The molecule has 0 bridgehead atoms. The van der Waals surface area contributed by atoms with E-state index in [1.54, 1.807) is 24.3 Å². The van der Waals surface area contributed by atoms with E-state index >= 15 is 0 Å². The highest BCUT2D eigenvalue weighted by atomic mass is 19.1. The van der Waals surface area contributed by atoms with Gasteiger partial charge in [-0.1, -0.05) is 42.0 Å². The second-order valence-corrected chi connectivity index (χ2v) is 8.05. The zero-order valence-electron chi connectivity index (χ0n) is 16.2. The highest BCUT2D eigenvalue weighted by molar-refractivity contribution is 5.84. The second-order valence-electron chi connectivity index (χ2n) is 8.05. The van der Waals surface area contributed by atoms with E-state index in [9.17, 15) is 14.3 Å². The number of likely N-dealkylation sites (tertiary alicyclic amines) is 2. The van der Waals surface area contributed by atoms with Crippen molar-refractivity contribution in [1.29, 1.82) is 0 Å². The number of phenols is 1. The molecule has 28 heavy (non-hydrogen) atoms. The lowest BCUT2D eigenvalue weighted by atomic mass is 9.87. The lowest BCUT2D eigenvalue weighted by Gasteiger charge is -2.37. The average molecular weight is 382 g/mol. The number of carbonyl (C=O) groups is 1. The van der Waals surface area contributed by atoms with Crippen molar-refractivity contribution < 1.29 is 14.3 Å². The van der Waals surface area contributed by atoms with Gasteiger partial charge in [-0.3, -0.25) is 9.69 Å². The Morgan fingerprint density at radius 2 is 1.75 bits per heavy atom. The van der Waals surface area contributed by atoms with Gasteiger partial charge in [-0.05, 0) is 49.6 Å². The van der Waals surface area contributed by atoms with E-state index in [0.717, 1.165) is 30.6 Å². The van der Waals surface area contributed by atoms with E-state index in [2.05, 4.69) is 31.2 Å². The molecule has 2 aromatic rings. The molecule has 3 atom stereocenters. The topological polar surface area (TPSA) is 43.8 Å². The highest BCUT2D eigenvalue weighted by Gasteiger charge is 2.40. The summed E-state index contributed by atoms with van der Waals surface area (Å²) in [4.78, 5) is 16.8. The molecule has 5 heteroatoms. The summed E-state index contributed by atoms with van der Waals surface area (Å²) in [6.07, 6.45) is 0.451. The largest absolute Gasteiger partial charge is 0.508 e. The average Bonchev–Trinajstić information content (AvgIpc) is 3.05. The number of aryl methyl sites for hydroxylation is 1. The summed E-state index contributed by atoms with van der Waals surface area (Å²) in [6, 6.07) is 14.9. The number of piperidine rings is 1. The van der Waals surface area contributed by atoms with Crippen LogP contribution in [-0.4, -0.2) is 52.7 Å². The van der Waals surface area contributed by atoms with E-state index < -0.39 is 6.17 Å². The Kier molecular flexibility index (Phi) is 5.36. The molecule has 2 aliphatic heterocycles. The number of benzene rings is 2. The van der Waals surface area contributed by atoms with Gasteiger partial charge in [-0.15, -0.1) is 0 Å². The van der Waals surface area contributed by atoms with Crippen LogP contribution in [0.25, 0.3) is 0 Å². The van der Waals surface area contributed by atoms with E-state index in [0.29, 0.717) is 19.5 Å². The van der Waals surface area contributed by atoms with Crippen LogP contribution in [0.5, 0.6) is 5.75 Å². The minimum atomic E-state index is -1.00. The fourth-order valence-corrected chi connectivity index (χ4v) is 4.44. The normalized spacial score (nSPS) is 26.0. The van der Waals surface area contributed by atoms with Gasteiger partial charge in [0.1, 0.15) is 11.9 Å². The van der Waals surface area contributed by atoms with Crippen LogP contribution in [0.3, 0.4) is 0 Å². The molecule has 0 unspecified atom stereocenters. The van der Waals surface area contributed by atoms with Gasteiger partial charge in [0.2, 0.25) is 5.91 Å². The first-order valence-electron chi connectivity index (χ1n) is 10.0. The first-order chi connectivity index (χ1) is 13.5. The maximum absolute atomic E-state index is 14.9. The van der Waals surface area contributed by atoms with Crippen molar-refractivity contribution in [3.05, 3.63) is 65.2 Å². The van der Waals surface area contributed by atoms with E-state index in [-0.39, 0.29) is 23.6 Å². The van der Waals surface area contributed by atoms with Crippen molar-refractivity contribution >= 4 is 5.91 Å². The molecule has 2 heterocycles. The molecule has 1 N–H and O–H groups in total. The Morgan fingerprint density at radius 3 is 2.43 bits per heavy atom. The SMILES string of the molecule is Cc1ccc(CN2CC[C@@H](N3CC[C@H](c4ccc(O)cc4)[C@H](F)C3)C2=O)cc1. The molecule has 0 aliphatic carbocycles. The van der Waals surface area contributed by atoms with Crippen molar-refractivity contribution in [2.45, 2.75) is 44.4 Å². The van der Waals surface area contributed by atoms with Crippen LogP contribution in [0.15, 0.2) is 48.5 Å². The number of hydrogen-bond donors (Lipinski definition) is 1. The van der Waals surface area contributed by atoms with Crippen LogP contribution >= 0.6 is 0 Å². The Labute approximate surface area is 165 Å². The maximum atomic E-state index is 14.9. The van der Waals surface area contributed by atoms with Crippen LogP contribution in [0, 0.1) is 6.92 Å².